The molecule has 1 amide bonds. The average Bonchev–Trinajstić information content (AvgIpc) is 2.80. The van der Waals surface area contributed by atoms with E-state index in [4.69, 9.17) is 0 Å². The first-order valence-electron chi connectivity index (χ1n) is 9.64. The highest BCUT2D eigenvalue weighted by Crippen LogP contribution is 2.26. The summed E-state index contributed by atoms with van der Waals surface area (Å²) in [6, 6.07) is 8.85. The minimum absolute atomic E-state index is 0.0499. The van der Waals surface area contributed by atoms with Crippen molar-refractivity contribution >= 4 is 11.6 Å². The number of amides is 1. The van der Waals surface area contributed by atoms with Gasteiger partial charge in [-0.05, 0) is 36.3 Å². The van der Waals surface area contributed by atoms with E-state index in [1.807, 2.05) is 20.9 Å². The van der Waals surface area contributed by atoms with E-state index in [-0.39, 0.29) is 23.9 Å². The molecule has 0 aliphatic heterocycles. The van der Waals surface area contributed by atoms with Crippen molar-refractivity contribution < 1.29 is 4.79 Å². The van der Waals surface area contributed by atoms with Crippen molar-refractivity contribution in [2.45, 2.75) is 59.9 Å². The van der Waals surface area contributed by atoms with E-state index in [0.29, 0.717) is 5.92 Å². The van der Waals surface area contributed by atoms with Crippen LogP contribution in [0, 0.1) is 19.8 Å². The minimum atomic E-state index is -0.0499. The highest BCUT2D eigenvalue weighted by Gasteiger charge is 2.19. The molecule has 0 aliphatic rings. The zero-order valence-corrected chi connectivity index (χ0v) is 18.0. The average molecular weight is 371 g/mol. The van der Waals surface area contributed by atoms with Crippen LogP contribution in [0.25, 0.3) is 0 Å². The molecule has 0 radical (unpaired) electrons. The van der Waals surface area contributed by atoms with Gasteiger partial charge in [-0.15, -0.1) is 0 Å². The van der Waals surface area contributed by atoms with Crippen LogP contribution in [0.1, 0.15) is 63.2 Å². The maximum atomic E-state index is 12.5. The number of hydrogen-bond acceptors (Lipinski definition) is 3. The van der Waals surface area contributed by atoms with Crippen molar-refractivity contribution in [3.05, 3.63) is 46.8 Å². The molecule has 2 N–H and O–H groups in total. The molecule has 27 heavy (non-hydrogen) atoms. The molecule has 1 heterocycles. The molecule has 0 spiro atoms. The molecular weight excluding hydrogens is 336 g/mol. The molecule has 0 saturated carbocycles. The van der Waals surface area contributed by atoms with Gasteiger partial charge < -0.3 is 10.6 Å². The maximum Gasteiger partial charge on any atom is 0.238 e. The van der Waals surface area contributed by atoms with Crippen molar-refractivity contribution in [1.29, 1.82) is 0 Å². The van der Waals surface area contributed by atoms with E-state index >= 15 is 0 Å². The van der Waals surface area contributed by atoms with Crippen molar-refractivity contribution in [2.75, 3.05) is 11.9 Å². The van der Waals surface area contributed by atoms with Gasteiger partial charge in [0.05, 0.1) is 23.6 Å². The number of rotatable bonds is 6. The van der Waals surface area contributed by atoms with Crippen molar-refractivity contribution in [3.8, 4) is 0 Å². The molecule has 0 unspecified atom stereocenters. The van der Waals surface area contributed by atoms with E-state index in [9.17, 15) is 4.79 Å². The standard InChI is InChI=1S/C22H34N4O/c1-14(2)20(17-9-11-18(12-10-17)22(5,6)7)23-13-19(27)24-21-15(3)25-26(8)16(21)4/h9-12,14,20,23H,13H2,1-8H3,(H,24,27)/t20-/m0/s1. The Balaban J connectivity index is 2.05. The predicted octanol–water partition coefficient (Wildman–Crippen LogP) is 4.26. The Morgan fingerprint density at radius 1 is 1.15 bits per heavy atom. The number of hydrogen-bond donors (Lipinski definition) is 2. The number of carbonyl (C=O) groups is 1. The van der Waals surface area contributed by atoms with Crippen LogP contribution in [0.15, 0.2) is 24.3 Å². The zero-order chi connectivity index (χ0) is 20.4. The van der Waals surface area contributed by atoms with Crippen LogP contribution in [-0.4, -0.2) is 22.2 Å². The van der Waals surface area contributed by atoms with Gasteiger partial charge in [-0.1, -0.05) is 58.9 Å². The lowest BCUT2D eigenvalue weighted by molar-refractivity contribution is -0.115. The van der Waals surface area contributed by atoms with Gasteiger partial charge in [0.2, 0.25) is 5.91 Å². The second-order valence-electron chi connectivity index (χ2n) is 8.69. The number of nitrogens with zero attached hydrogens (tertiary/aromatic N) is 2. The Hall–Kier alpha value is -2.14. The van der Waals surface area contributed by atoms with Gasteiger partial charge in [-0.2, -0.15) is 5.10 Å². The Morgan fingerprint density at radius 3 is 2.19 bits per heavy atom. The number of nitrogens with one attached hydrogen (secondary N) is 2. The first-order valence-corrected chi connectivity index (χ1v) is 9.64. The second kappa shape index (κ2) is 8.26. The number of aromatic nitrogens is 2. The van der Waals surface area contributed by atoms with Gasteiger partial charge in [-0.25, -0.2) is 0 Å². The molecular formula is C22H34N4O. The summed E-state index contributed by atoms with van der Waals surface area (Å²) in [6.07, 6.45) is 0. The van der Waals surface area contributed by atoms with Gasteiger partial charge in [0.1, 0.15) is 0 Å². The quantitative estimate of drug-likeness (QED) is 0.799. The van der Waals surface area contributed by atoms with E-state index in [0.717, 1.165) is 17.1 Å². The molecule has 0 bridgehead atoms. The van der Waals surface area contributed by atoms with Crippen molar-refractivity contribution in [2.24, 2.45) is 13.0 Å². The van der Waals surface area contributed by atoms with Gasteiger partial charge >= 0.3 is 0 Å². The molecule has 1 aromatic heterocycles. The Labute approximate surface area is 163 Å². The predicted molar refractivity (Wildman–Crippen MR) is 112 cm³/mol. The lowest BCUT2D eigenvalue weighted by atomic mass is 9.85. The second-order valence-corrected chi connectivity index (χ2v) is 8.69. The lowest BCUT2D eigenvalue weighted by Crippen LogP contribution is -2.34. The van der Waals surface area contributed by atoms with Crippen LogP contribution in [0.5, 0.6) is 0 Å². The van der Waals surface area contributed by atoms with Crippen LogP contribution in [-0.2, 0) is 17.3 Å². The van der Waals surface area contributed by atoms with Crippen LogP contribution < -0.4 is 10.6 Å². The third kappa shape index (κ3) is 5.19. The van der Waals surface area contributed by atoms with Gasteiger partial charge in [0.15, 0.2) is 0 Å². The number of anilines is 1. The normalized spacial score (nSPS) is 13.1. The van der Waals surface area contributed by atoms with Crippen molar-refractivity contribution in [1.82, 2.24) is 15.1 Å². The number of aryl methyl sites for hydroxylation is 2. The summed E-state index contributed by atoms with van der Waals surface area (Å²) in [5.41, 5.74) is 5.26. The monoisotopic (exact) mass is 370 g/mol. The third-order valence-electron chi connectivity index (χ3n) is 5.06. The highest BCUT2D eigenvalue weighted by molar-refractivity contribution is 5.93. The van der Waals surface area contributed by atoms with Gasteiger partial charge in [0.25, 0.3) is 0 Å². The van der Waals surface area contributed by atoms with Crippen LogP contribution in [0.3, 0.4) is 0 Å². The molecule has 5 nitrogen and oxygen atoms in total. The summed E-state index contributed by atoms with van der Waals surface area (Å²) < 4.78 is 1.78. The first-order chi connectivity index (χ1) is 12.5. The summed E-state index contributed by atoms with van der Waals surface area (Å²) in [4.78, 5) is 12.5. The fraction of sp³-hybridized carbons (Fsp3) is 0.545. The molecule has 1 atom stereocenters. The Kier molecular flexibility index (Phi) is 6.47. The largest absolute Gasteiger partial charge is 0.322 e. The van der Waals surface area contributed by atoms with E-state index in [2.05, 4.69) is 74.6 Å². The zero-order valence-electron chi connectivity index (χ0n) is 18.0. The summed E-state index contributed by atoms with van der Waals surface area (Å²) in [6.45, 7) is 15.1. The maximum absolute atomic E-state index is 12.5. The van der Waals surface area contributed by atoms with E-state index < -0.39 is 0 Å². The number of benzene rings is 1. The van der Waals surface area contributed by atoms with Crippen LogP contribution >= 0.6 is 0 Å². The van der Waals surface area contributed by atoms with Crippen LogP contribution in [0.4, 0.5) is 5.69 Å². The smallest absolute Gasteiger partial charge is 0.238 e. The highest BCUT2D eigenvalue weighted by atomic mass is 16.1. The molecule has 0 saturated heterocycles. The first kappa shape index (κ1) is 21.2. The SMILES string of the molecule is Cc1nn(C)c(C)c1NC(=O)CN[C@H](c1ccc(C(C)(C)C)cc1)C(C)C. The molecule has 5 heteroatoms. The third-order valence-corrected chi connectivity index (χ3v) is 5.06. The van der Waals surface area contributed by atoms with Gasteiger partial charge in [-0.3, -0.25) is 9.48 Å². The molecule has 148 valence electrons. The fourth-order valence-electron chi connectivity index (χ4n) is 3.27. The number of carbonyl (C=O) groups excluding carboxylic acids is 1. The summed E-state index contributed by atoms with van der Waals surface area (Å²) in [5.74, 6) is 0.325. The summed E-state index contributed by atoms with van der Waals surface area (Å²) in [5, 5.41) is 10.8. The van der Waals surface area contributed by atoms with Gasteiger partial charge in [0, 0.05) is 13.1 Å². The lowest BCUT2D eigenvalue weighted by Gasteiger charge is -2.25. The summed E-state index contributed by atoms with van der Waals surface area (Å²) in [7, 11) is 1.88. The van der Waals surface area contributed by atoms with E-state index in [1.165, 1.54) is 11.1 Å². The molecule has 1 aromatic carbocycles. The molecule has 2 aromatic rings. The molecule has 2 rings (SSSR count). The van der Waals surface area contributed by atoms with Crippen LogP contribution in [0.2, 0.25) is 0 Å². The Bertz CT molecular complexity index is 782. The van der Waals surface area contributed by atoms with Crippen molar-refractivity contribution in [3.63, 3.8) is 0 Å². The topological polar surface area (TPSA) is 59.0 Å². The minimum Gasteiger partial charge on any atom is -0.322 e. The summed E-state index contributed by atoms with van der Waals surface area (Å²) >= 11 is 0. The molecule has 0 aliphatic carbocycles. The Morgan fingerprint density at radius 2 is 1.74 bits per heavy atom. The molecule has 0 fully saturated rings. The fourth-order valence-corrected chi connectivity index (χ4v) is 3.27. The van der Waals surface area contributed by atoms with E-state index in [1.54, 1.807) is 4.68 Å².